The van der Waals surface area contributed by atoms with E-state index in [2.05, 4.69) is 10.6 Å². The summed E-state index contributed by atoms with van der Waals surface area (Å²) in [6.45, 7) is 10.8. The Kier molecular flexibility index (Phi) is 5.68. The molecule has 0 spiro atoms. The van der Waals surface area contributed by atoms with E-state index in [1.165, 1.54) is 0 Å². The minimum atomic E-state index is -0.780. The Balaban J connectivity index is 5.49. The molecule has 8 heteroatoms. The molecule has 20 heavy (non-hydrogen) atoms. The normalized spacial score (nSPS) is 13.9. The zero-order valence-corrected chi connectivity index (χ0v) is 12.7. The fraction of sp³-hybridized carbons (Fsp3) is 0.667. The van der Waals surface area contributed by atoms with Gasteiger partial charge in [0.05, 0.1) is 22.2 Å². The third-order valence-electron chi connectivity index (χ3n) is 1.94. The Hall–Kier alpha value is -2.12. The number of hydrogen-bond acceptors (Lipinski definition) is 6. The maximum absolute atomic E-state index is 11.0. The van der Waals surface area contributed by atoms with Crippen molar-refractivity contribution in [3.8, 4) is 0 Å². The first-order valence-corrected chi connectivity index (χ1v) is 6.08. The van der Waals surface area contributed by atoms with Crippen molar-refractivity contribution in [2.75, 3.05) is 0 Å². The zero-order chi connectivity index (χ0) is 16.1. The van der Waals surface area contributed by atoms with Crippen LogP contribution in [0.1, 0.15) is 41.5 Å². The summed E-state index contributed by atoms with van der Waals surface area (Å²) in [5.74, 6) is 0. The number of rotatable bonds is 5. The van der Waals surface area contributed by atoms with Crippen LogP contribution in [0, 0.1) is 20.2 Å². The Bertz CT molecular complexity index is 399. The van der Waals surface area contributed by atoms with Gasteiger partial charge in [-0.3, -0.25) is 20.2 Å². The lowest BCUT2D eigenvalue weighted by Crippen LogP contribution is -2.34. The molecule has 0 aliphatic rings. The summed E-state index contributed by atoms with van der Waals surface area (Å²) in [6, 6.07) is 0. The lowest BCUT2D eigenvalue weighted by atomic mass is 10.1. The molecule has 0 rings (SSSR count). The molecule has 0 aromatic rings. The molecule has 0 aliphatic carbocycles. The summed E-state index contributed by atoms with van der Waals surface area (Å²) in [6.07, 6.45) is 2.11. The van der Waals surface area contributed by atoms with Gasteiger partial charge in [0, 0.05) is 11.1 Å². The average Bonchev–Trinajstić information content (AvgIpc) is 2.18. The second-order valence-electron chi connectivity index (χ2n) is 6.36. The molecule has 0 saturated heterocycles. The van der Waals surface area contributed by atoms with Crippen LogP contribution in [0.4, 0.5) is 0 Å². The molecular weight excluding hydrogens is 264 g/mol. The van der Waals surface area contributed by atoms with Crippen molar-refractivity contribution >= 4 is 0 Å². The predicted octanol–water partition coefficient (Wildman–Crippen LogP) is 2.00. The second kappa shape index (κ2) is 6.36. The molecule has 114 valence electrons. The molecule has 0 aromatic heterocycles. The van der Waals surface area contributed by atoms with E-state index in [0.29, 0.717) is 0 Å². The van der Waals surface area contributed by atoms with E-state index in [1.807, 2.05) is 0 Å². The van der Waals surface area contributed by atoms with Crippen LogP contribution in [0.25, 0.3) is 0 Å². The van der Waals surface area contributed by atoms with Gasteiger partial charge in [-0.2, -0.15) is 0 Å². The van der Waals surface area contributed by atoms with Gasteiger partial charge in [-0.05, 0) is 41.5 Å². The highest BCUT2D eigenvalue weighted by Crippen LogP contribution is 2.12. The van der Waals surface area contributed by atoms with Crippen molar-refractivity contribution in [1.82, 2.24) is 10.6 Å². The van der Waals surface area contributed by atoms with Crippen LogP contribution in [0.3, 0.4) is 0 Å². The molecule has 0 heterocycles. The quantitative estimate of drug-likeness (QED) is 0.454. The number of nitrogens with one attached hydrogen (secondary N) is 2. The van der Waals surface area contributed by atoms with Crippen LogP contribution < -0.4 is 10.6 Å². The van der Waals surface area contributed by atoms with Gasteiger partial charge in [-0.15, -0.1) is 0 Å². The summed E-state index contributed by atoms with van der Waals surface area (Å²) < 4.78 is 0. The molecule has 8 nitrogen and oxygen atoms in total. The fourth-order valence-electron chi connectivity index (χ4n) is 1.01. The van der Waals surface area contributed by atoms with Crippen LogP contribution in [-0.4, -0.2) is 20.9 Å². The van der Waals surface area contributed by atoms with Gasteiger partial charge in [0.2, 0.25) is 0 Å². The minimum Gasteiger partial charge on any atom is -0.381 e. The number of nitrogens with zero attached hydrogens (tertiary/aromatic N) is 2. The molecule has 0 atom stereocenters. The van der Waals surface area contributed by atoms with Crippen LogP contribution >= 0.6 is 0 Å². The van der Waals surface area contributed by atoms with E-state index in [4.69, 9.17) is 0 Å². The molecule has 0 amide bonds. The van der Waals surface area contributed by atoms with E-state index < -0.39 is 32.3 Å². The summed E-state index contributed by atoms with van der Waals surface area (Å²) in [7, 11) is 0. The van der Waals surface area contributed by atoms with E-state index in [9.17, 15) is 20.2 Å². The largest absolute Gasteiger partial charge is 0.381 e. The van der Waals surface area contributed by atoms with E-state index >= 15 is 0 Å². The zero-order valence-electron chi connectivity index (χ0n) is 12.7. The Morgan fingerprint density at radius 1 is 0.800 bits per heavy atom. The minimum absolute atomic E-state index is 0.430. The van der Waals surface area contributed by atoms with E-state index in [-0.39, 0.29) is 0 Å². The van der Waals surface area contributed by atoms with Gasteiger partial charge in [0.25, 0.3) is 0 Å². The molecule has 2 N–H and O–H groups in total. The van der Waals surface area contributed by atoms with Crippen molar-refractivity contribution in [3.63, 3.8) is 0 Å². The predicted molar refractivity (Wildman–Crippen MR) is 75.9 cm³/mol. The van der Waals surface area contributed by atoms with Gasteiger partial charge in [-0.1, -0.05) is 0 Å². The smallest absolute Gasteiger partial charge is 0.363 e. The molecule has 0 radical (unpaired) electrons. The average molecular weight is 286 g/mol. The highest BCUT2D eigenvalue weighted by atomic mass is 16.6. The maximum atomic E-state index is 11.0. The lowest BCUT2D eigenvalue weighted by Gasteiger charge is -2.19. The fourth-order valence-corrected chi connectivity index (χ4v) is 1.01. The number of nitro groups is 2. The maximum Gasteiger partial charge on any atom is 0.363 e. The van der Waals surface area contributed by atoms with Gasteiger partial charge in [-0.25, -0.2) is 0 Å². The van der Waals surface area contributed by atoms with Crippen LogP contribution in [0.2, 0.25) is 0 Å². The molecule has 0 fully saturated rings. The van der Waals surface area contributed by atoms with Gasteiger partial charge >= 0.3 is 11.4 Å². The topological polar surface area (TPSA) is 110 Å². The third kappa shape index (κ3) is 7.34. The first kappa shape index (κ1) is 17.9. The highest BCUT2D eigenvalue weighted by molar-refractivity contribution is 5.18. The number of hydrogen-bond donors (Lipinski definition) is 2. The van der Waals surface area contributed by atoms with Crippen molar-refractivity contribution in [2.24, 2.45) is 0 Å². The van der Waals surface area contributed by atoms with Crippen LogP contribution in [0.15, 0.2) is 23.8 Å². The molecule has 0 saturated carbocycles. The van der Waals surface area contributed by atoms with Crippen molar-refractivity contribution in [2.45, 2.75) is 52.6 Å². The SMILES string of the molecule is CC(C)(C)N/C=C(/C(=C/NC(C)(C)C)[N+](=O)[O-])[N+](=O)[O-]. The van der Waals surface area contributed by atoms with Gasteiger partial charge in [0.1, 0.15) is 0 Å². The third-order valence-corrected chi connectivity index (χ3v) is 1.94. The molecule has 0 aliphatic heterocycles. The summed E-state index contributed by atoms with van der Waals surface area (Å²) in [5.41, 5.74) is -2.05. The Labute approximate surface area is 118 Å². The summed E-state index contributed by atoms with van der Waals surface area (Å²) in [4.78, 5) is 20.5. The second-order valence-corrected chi connectivity index (χ2v) is 6.36. The van der Waals surface area contributed by atoms with Crippen LogP contribution in [-0.2, 0) is 0 Å². The molecule has 0 bridgehead atoms. The highest BCUT2D eigenvalue weighted by Gasteiger charge is 2.30. The van der Waals surface area contributed by atoms with E-state index in [1.54, 1.807) is 41.5 Å². The summed E-state index contributed by atoms with van der Waals surface area (Å²) in [5, 5.41) is 27.5. The monoisotopic (exact) mass is 286 g/mol. The molecular formula is C12H22N4O4. The Morgan fingerprint density at radius 3 is 1.20 bits per heavy atom. The van der Waals surface area contributed by atoms with Crippen LogP contribution in [0.5, 0.6) is 0 Å². The Morgan fingerprint density at radius 2 is 1.05 bits per heavy atom. The molecule has 0 unspecified atom stereocenters. The first-order valence-electron chi connectivity index (χ1n) is 6.08. The first-order chi connectivity index (χ1) is 8.83. The lowest BCUT2D eigenvalue weighted by molar-refractivity contribution is -0.480. The van der Waals surface area contributed by atoms with Gasteiger partial charge in [0.15, 0.2) is 0 Å². The standard InChI is InChI=1S/C12H22N4O4/c1-11(2,3)13-7-9(15(17)18)10(16(19)20)8-14-12(4,5)6/h7-8,13-14H,1-6H3/b9-7-,10-8-. The van der Waals surface area contributed by atoms with Crippen molar-refractivity contribution in [1.29, 1.82) is 0 Å². The summed E-state index contributed by atoms with van der Waals surface area (Å²) >= 11 is 0. The molecule has 0 aromatic carbocycles. The van der Waals surface area contributed by atoms with Crippen molar-refractivity contribution in [3.05, 3.63) is 44.0 Å². The van der Waals surface area contributed by atoms with Gasteiger partial charge < -0.3 is 10.6 Å². The van der Waals surface area contributed by atoms with E-state index in [0.717, 1.165) is 12.4 Å². The van der Waals surface area contributed by atoms with Crippen molar-refractivity contribution < 1.29 is 9.85 Å².